The molecule has 0 aromatic carbocycles. The van der Waals surface area contributed by atoms with Crippen molar-refractivity contribution in [3.05, 3.63) is 179 Å². The number of aryl methyl sites for hydroxylation is 4. The molecule has 0 radical (unpaired) electrons. The second-order valence-corrected chi connectivity index (χ2v) is 15.8. The number of rotatable bonds is 9. The van der Waals surface area contributed by atoms with E-state index in [1.807, 2.05) is 19.1 Å². The van der Waals surface area contributed by atoms with Gasteiger partial charge in [0.05, 0.1) is 19.3 Å². The van der Waals surface area contributed by atoms with E-state index in [0.29, 0.717) is 41.0 Å². The van der Waals surface area contributed by atoms with Crippen LogP contribution < -0.4 is 49.9 Å². The average molecular weight is 949 g/mol. The zero-order valence-corrected chi connectivity index (χ0v) is 38.6. The molecule has 1 saturated heterocycles. The summed E-state index contributed by atoms with van der Waals surface area (Å²) in [5, 5.41) is 3.77. The van der Waals surface area contributed by atoms with E-state index in [1.165, 1.54) is 57.2 Å². The Balaban J connectivity index is 0.000000171. The summed E-state index contributed by atoms with van der Waals surface area (Å²) in [6, 6.07) is -0.350. The molecule has 4 N–H and O–H groups in total. The van der Waals surface area contributed by atoms with Gasteiger partial charge < -0.3 is 28.4 Å². The van der Waals surface area contributed by atoms with Crippen molar-refractivity contribution < 1.29 is 28.4 Å². The lowest BCUT2D eigenvalue weighted by Crippen LogP contribution is -2.40. The second-order valence-electron chi connectivity index (χ2n) is 15.8. The average Bonchev–Trinajstić information content (AvgIpc) is 4.13. The minimum Gasteiger partial charge on any atom is -0.467 e. The van der Waals surface area contributed by atoms with Crippen LogP contribution in [0.5, 0.6) is 0 Å². The van der Waals surface area contributed by atoms with Gasteiger partial charge in [-0.1, -0.05) is 18.7 Å². The first-order chi connectivity index (χ1) is 32.3. The van der Waals surface area contributed by atoms with Crippen molar-refractivity contribution in [1.82, 2.24) is 42.7 Å². The van der Waals surface area contributed by atoms with Gasteiger partial charge in [-0.05, 0) is 58.9 Å². The van der Waals surface area contributed by atoms with Gasteiger partial charge in [-0.2, -0.15) is 0 Å². The largest absolute Gasteiger partial charge is 0.467 e. The first-order valence-electron chi connectivity index (χ1n) is 20.9. The number of H-pyrrole nitrogens is 3. The smallest absolute Gasteiger partial charge is 0.333 e. The summed E-state index contributed by atoms with van der Waals surface area (Å²) in [4.78, 5) is 102. The van der Waals surface area contributed by atoms with E-state index in [9.17, 15) is 38.4 Å². The highest BCUT2D eigenvalue weighted by Crippen LogP contribution is 2.30. The number of ether oxygens (including phenoxy) is 6. The van der Waals surface area contributed by atoms with Crippen molar-refractivity contribution >= 4 is 0 Å². The molecule has 25 heteroatoms. The quantitative estimate of drug-likeness (QED) is 0.100. The van der Waals surface area contributed by atoms with Crippen LogP contribution in [0.15, 0.2) is 117 Å². The Kier molecular flexibility index (Phi) is 17.3. The standard InChI is InChI=1S/C12H16N2O4.C11H15N5O4.C10H12N2O3.C10H10N2O3/c1-8-6-14(12(16)13(2)11(8)15)10-5-4-9(18-10)7-17-3;1-6-4-16(11(18)13-10(6)17)9-3-7(14-15-12)8(20-9)5-19-2;2*1-6-5-12(10(14)11-9(6)13)8-4-3-7(2)15-8/h4-6,9-10H,7H2,1-3H3;4,7-9,12H,3,5H2,1-2H3;3-5,7-8H,1-2H3,(H,11,13,14);3-5,8H,2H2,1H3,(H,11,13,14)/p+1/t9?,10-;7?,8?,9-;7-,8-;8-/m1111/s1. The molecule has 3 unspecified atom stereocenters. The lowest BCUT2D eigenvalue weighted by molar-refractivity contribution is -0.0364. The van der Waals surface area contributed by atoms with E-state index in [2.05, 4.69) is 31.6 Å². The highest BCUT2D eigenvalue weighted by Gasteiger charge is 2.40. The molecule has 4 aromatic heterocycles. The molecule has 0 saturated carbocycles. The number of nitrogens with one attached hydrogen (secondary N) is 4. The molecule has 8 rings (SSSR count). The molecule has 8 atom stereocenters. The van der Waals surface area contributed by atoms with E-state index < -0.39 is 53.2 Å². The van der Waals surface area contributed by atoms with Gasteiger partial charge >= 0.3 is 22.8 Å². The first-order valence-corrected chi connectivity index (χ1v) is 20.9. The Morgan fingerprint density at radius 2 is 1.21 bits per heavy atom. The van der Waals surface area contributed by atoms with Gasteiger partial charge in [-0.25, -0.2) is 19.2 Å². The molecule has 0 amide bonds. The summed E-state index contributed by atoms with van der Waals surface area (Å²) in [5.74, 6) is 0.496. The van der Waals surface area contributed by atoms with Crippen molar-refractivity contribution in [3.8, 4) is 0 Å². The molecule has 0 aliphatic carbocycles. The first kappa shape index (κ1) is 51.6. The molecule has 25 nitrogen and oxygen atoms in total. The predicted molar refractivity (Wildman–Crippen MR) is 242 cm³/mol. The van der Waals surface area contributed by atoms with Crippen molar-refractivity contribution in [1.29, 1.82) is 5.53 Å². The Morgan fingerprint density at radius 3 is 1.72 bits per heavy atom. The third-order valence-electron chi connectivity index (χ3n) is 10.5. The van der Waals surface area contributed by atoms with Gasteiger partial charge in [-0.3, -0.25) is 57.0 Å². The molecule has 364 valence electrons. The number of methoxy groups -OCH3 is 2. The SMILES string of the molecule is C=C1C=C[C@H](n2cc(C)c(=O)[nH]c2=O)O1.COCC1C=C[C@H](n2cc(C)c(=O)n(C)c2=O)O1.COCC1O[C@@H](n2cc(C)c(=O)[nH]c2=O)CC1N=[N+]=N.Cc1cn([C@H]2C=C[C@@H](C)O2)c(=O)[nH]c1=O. The van der Waals surface area contributed by atoms with E-state index in [4.69, 9.17) is 34.0 Å². The third-order valence-corrected chi connectivity index (χ3v) is 10.5. The van der Waals surface area contributed by atoms with Crippen LogP contribution in [-0.4, -0.2) is 89.6 Å². The molecule has 1 fully saturated rings. The Bertz CT molecular complexity index is 3120. The van der Waals surface area contributed by atoms with E-state index in [1.54, 1.807) is 59.1 Å². The van der Waals surface area contributed by atoms with E-state index >= 15 is 0 Å². The van der Waals surface area contributed by atoms with Gasteiger partial charge in [0.25, 0.3) is 22.2 Å². The lowest BCUT2D eigenvalue weighted by Gasteiger charge is -2.17. The van der Waals surface area contributed by atoms with Gasteiger partial charge in [-0.15, -0.1) is 0 Å². The van der Waals surface area contributed by atoms with Gasteiger partial charge in [0.2, 0.25) is 4.91 Å². The van der Waals surface area contributed by atoms with Crippen LogP contribution in [0.25, 0.3) is 0 Å². The molecule has 4 aliphatic heterocycles. The van der Waals surface area contributed by atoms with Gasteiger partial charge in [0.15, 0.2) is 24.7 Å². The van der Waals surface area contributed by atoms with Crippen LogP contribution in [0, 0.1) is 33.2 Å². The van der Waals surface area contributed by atoms with Crippen molar-refractivity contribution in [2.75, 3.05) is 27.4 Å². The van der Waals surface area contributed by atoms with Crippen LogP contribution in [-0.2, 0) is 35.5 Å². The van der Waals surface area contributed by atoms with Gasteiger partial charge in [0, 0.05) is 74.7 Å². The fraction of sp³-hybridized carbons (Fsp3) is 0.442. The van der Waals surface area contributed by atoms with E-state index in [-0.39, 0.29) is 47.6 Å². The minimum atomic E-state index is -0.561. The van der Waals surface area contributed by atoms with Crippen molar-refractivity contribution in [2.24, 2.45) is 12.2 Å². The summed E-state index contributed by atoms with van der Waals surface area (Å²) in [5.41, 5.74) is 5.38. The summed E-state index contributed by atoms with van der Waals surface area (Å²) >= 11 is 0. The topological polar surface area (TPSA) is 314 Å². The van der Waals surface area contributed by atoms with Gasteiger partial charge in [0.1, 0.15) is 34.8 Å². The molecule has 4 aromatic rings. The third kappa shape index (κ3) is 12.5. The zero-order chi connectivity index (χ0) is 50.0. The number of allylic oxidation sites excluding steroid dienone is 1. The number of aromatic nitrogens is 8. The normalized spacial score (nSPS) is 23.1. The summed E-state index contributed by atoms with van der Waals surface area (Å²) < 4.78 is 38.5. The van der Waals surface area contributed by atoms with Crippen LogP contribution >= 0.6 is 0 Å². The highest BCUT2D eigenvalue weighted by molar-refractivity contribution is 5.16. The van der Waals surface area contributed by atoms with Crippen molar-refractivity contribution in [3.63, 3.8) is 0 Å². The maximum absolute atomic E-state index is 12.0. The zero-order valence-electron chi connectivity index (χ0n) is 38.6. The fourth-order valence-corrected chi connectivity index (χ4v) is 6.97. The lowest BCUT2D eigenvalue weighted by atomic mass is 10.1. The van der Waals surface area contributed by atoms with Crippen LogP contribution in [0.4, 0.5) is 0 Å². The van der Waals surface area contributed by atoms with Crippen LogP contribution in [0.3, 0.4) is 0 Å². The Morgan fingerprint density at radius 1 is 0.691 bits per heavy atom. The second kappa shape index (κ2) is 22.9. The Hall–Kier alpha value is -7.41. The van der Waals surface area contributed by atoms with Crippen molar-refractivity contribution in [2.45, 2.75) is 90.3 Å². The molecule has 4 aliphatic rings. The van der Waals surface area contributed by atoms with Crippen LogP contribution in [0.2, 0.25) is 0 Å². The van der Waals surface area contributed by atoms with Crippen LogP contribution in [0.1, 0.15) is 60.5 Å². The molecular weight excluding hydrogens is 895 g/mol. The fourth-order valence-electron chi connectivity index (χ4n) is 6.97. The number of aromatic amines is 3. The molecule has 0 spiro atoms. The number of hydrogen-bond acceptors (Lipinski definition) is 16. The summed E-state index contributed by atoms with van der Waals surface area (Å²) in [6.07, 6.45) is 14.5. The van der Waals surface area contributed by atoms with E-state index in [0.717, 1.165) is 4.57 Å². The number of hydrogen-bond donors (Lipinski definition) is 4. The number of nitrogens with zero attached hydrogens (tertiary/aromatic N) is 7. The minimum absolute atomic E-state index is 0.00543. The molecule has 8 heterocycles. The summed E-state index contributed by atoms with van der Waals surface area (Å²) in [6.45, 7) is 12.8. The molecule has 0 bridgehead atoms. The predicted octanol–water partition coefficient (Wildman–Crippen LogP) is 0.416. The Labute approximate surface area is 385 Å². The maximum Gasteiger partial charge on any atom is 0.333 e. The highest BCUT2D eigenvalue weighted by atomic mass is 16.6. The molecule has 68 heavy (non-hydrogen) atoms. The summed E-state index contributed by atoms with van der Waals surface area (Å²) in [7, 11) is 4.58. The monoisotopic (exact) mass is 948 g/mol. The molecular formula is C43H54N11O14+. The maximum atomic E-state index is 12.0.